The molecule has 0 aliphatic heterocycles. The fourth-order valence-electron chi connectivity index (χ4n) is 1.48. The maximum Gasteiger partial charge on any atom is 0.328 e. The Balaban J connectivity index is 1.95. The van der Waals surface area contributed by atoms with Crippen LogP contribution in [-0.4, -0.2) is 20.4 Å². The van der Waals surface area contributed by atoms with E-state index < -0.39 is 11.2 Å². The molecule has 98 valence electrons. The van der Waals surface area contributed by atoms with Gasteiger partial charge in [-0.15, -0.1) is 0 Å². The van der Waals surface area contributed by atoms with Gasteiger partial charge >= 0.3 is 5.69 Å². The van der Waals surface area contributed by atoms with Crippen molar-refractivity contribution < 1.29 is 4.79 Å². The summed E-state index contributed by atoms with van der Waals surface area (Å²) in [7, 11) is 0. The Bertz CT molecular complexity index is 675. The standard InChI is InChI=1S/C12H12N4O3/c17-10-3-5-16(12(19)15-10)8-11(18)14-7-9-2-1-4-13-6-9/h1-6H,7-8H2,(H,14,18)(H,15,17,19). The topological polar surface area (TPSA) is 96.9 Å². The van der Waals surface area contributed by atoms with Crippen LogP contribution >= 0.6 is 0 Å². The number of carbonyl (C=O) groups excluding carboxylic acids is 1. The second kappa shape index (κ2) is 5.76. The van der Waals surface area contributed by atoms with Gasteiger partial charge in [-0.2, -0.15) is 0 Å². The minimum absolute atomic E-state index is 0.143. The molecule has 0 saturated heterocycles. The fourth-order valence-corrected chi connectivity index (χ4v) is 1.48. The molecule has 2 aromatic heterocycles. The summed E-state index contributed by atoms with van der Waals surface area (Å²) in [5.74, 6) is -0.321. The van der Waals surface area contributed by atoms with Gasteiger partial charge in [0.25, 0.3) is 5.56 Å². The number of nitrogens with zero attached hydrogens (tertiary/aromatic N) is 2. The number of carbonyl (C=O) groups is 1. The maximum atomic E-state index is 11.6. The van der Waals surface area contributed by atoms with Crippen LogP contribution in [0.5, 0.6) is 0 Å². The Morgan fingerprint density at radius 1 is 1.37 bits per heavy atom. The lowest BCUT2D eigenvalue weighted by molar-refractivity contribution is -0.121. The Morgan fingerprint density at radius 2 is 2.21 bits per heavy atom. The lowest BCUT2D eigenvalue weighted by atomic mass is 10.3. The molecule has 0 spiro atoms. The highest BCUT2D eigenvalue weighted by Crippen LogP contribution is 1.94. The average molecular weight is 260 g/mol. The molecule has 0 fully saturated rings. The normalized spacial score (nSPS) is 10.1. The molecule has 2 heterocycles. The zero-order chi connectivity index (χ0) is 13.7. The van der Waals surface area contributed by atoms with Gasteiger partial charge in [-0.1, -0.05) is 6.07 Å². The number of pyridine rings is 1. The highest BCUT2D eigenvalue weighted by molar-refractivity contribution is 5.75. The van der Waals surface area contributed by atoms with E-state index in [1.165, 1.54) is 12.3 Å². The Labute approximate surface area is 107 Å². The predicted octanol–water partition coefficient (Wildman–Crippen LogP) is -0.752. The van der Waals surface area contributed by atoms with E-state index in [-0.39, 0.29) is 12.5 Å². The van der Waals surface area contributed by atoms with Gasteiger partial charge in [-0.25, -0.2) is 4.79 Å². The summed E-state index contributed by atoms with van der Waals surface area (Å²) in [6.45, 7) is 0.195. The smallest absolute Gasteiger partial charge is 0.328 e. The molecule has 0 bridgehead atoms. The zero-order valence-corrected chi connectivity index (χ0v) is 10.00. The number of nitrogens with one attached hydrogen (secondary N) is 2. The summed E-state index contributed by atoms with van der Waals surface area (Å²) in [4.78, 5) is 39.9. The molecule has 7 heteroatoms. The summed E-state index contributed by atoms with van der Waals surface area (Å²) >= 11 is 0. The van der Waals surface area contributed by atoms with Crippen LogP contribution in [0, 0.1) is 0 Å². The molecule has 0 aliphatic carbocycles. The fraction of sp³-hybridized carbons (Fsp3) is 0.167. The van der Waals surface area contributed by atoms with E-state index in [1.807, 2.05) is 6.07 Å². The SMILES string of the molecule is O=C(Cn1ccc(=O)[nH]c1=O)NCc1cccnc1. The number of hydrogen-bond acceptors (Lipinski definition) is 4. The monoisotopic (exact) mass is 260 g/mol. The summed E-state index contributed by atoms with van der Waals surface area (Å²) < 4.78 is 1.12. The molecule has 0 radical (unpaired) electrons. The molecule has 2 N–H and O–H groups in total. The molecule has 19 heavy (non-hydrogen) atoms. The lowest BCUT2D eigenvalue weighted by Crippen LogP contribution is -2.35. The van der Waals surface area contributed by atoms with Crippen LogP contribution in [0.1, 0.15) is 5.56 Å². The van der Waals surface area contributed by atoms with Crippen molar-refractivity contribution in [3.63, 3.8) is 0 Å². The zero-order valence-electron chi connectivity index (χ0n) is 10.00. The summed E-state index contributed by atoms with van der Waals surface area (Å²) in [6, 6.07) is 4.79. The first-order chi connectivity index (χ1) is 9.15. The van der Waals surface area contributed by atoms with Crippen molar-refractivity contribution in [1.29, 1.82) is 0 Å². The van der Waals surface area contributed by atoms with E-state index in [0.29, 0.717) is 6.54 Å². The minimum Gasteiger partial charge on any atom is -0.350 e. The molecule has 0 aliphatic rings. The Morgan fingerprint density at radius 3 is 2.89 bits per heavy atom. The second-order valence-corrected chi connectivity index (χ2v) is 3.88. The van der Waals surface area contributed by atoms with E-state index in [9.17, 15) is 14.4 Å². The highest BCUT2D eigenvalue weighted by atomic mass is 16.2. The van der Waals surface area contributed by atoms with Crippen molar-refractivity contribution in [3.05, 3.63) is 63.2 Å². The van der Waals surface area contributed by atoms with E-state index >= 15 is 0 Å². The van der Waals surface area contributed by atoms with E-state index in [2.05, 4.69) is 15.3 Å². The first-order valence-electron chi connectivity index (χ1n) is 5.60. The molecule has 0 saturated carbocycles. The van der Waals surface area contributed by atoms with Gasteiger partial charge in [0.05, 0.1) is 0 Å². The second-order valence-electron chi connectivity index (χ2n) is 3.88. The van der Waals surface area contributed by atoms with Gasteiger partial charge < -0.3 is 5.32 Å². The van der Waals surface area contributed by atoms with Crippen LogP contribution < -0.4 is 16.6 Å². The molecule has 7 nitrogen and oxygen atoms in total. The lowest BCUT2D eigenvalue weighted by Gasteiger charge is -2.06. The van der Waals surface area contributed by atoms with Crippen molar-refractivity contribution in [3.8, 4) is 0 Å². The van der Waals surface area contributed by atoms with Crippen molar-refractivity contribution in [2.24, 2.45) is 0 Å². The molecule has 2 rings (SSSR count). The summed E-state index contributed by atoms with van der Waals surface area (Å²) in [6.07, 6.45) is 4.57. The van der Waals surface area contributed by atoms with Gasteiger partial charge in [-0.3, -0.25) is 24.1 Å². The first-order valence-corrected chi connectivity index (χ1v) is 5.60. The maximum absolute atomic E-state index is 11.6. The van der Waals surface area contributed by atoms with E-state index in [1.54, 1.807) is 18.5 Å². The van der Waals surface area contributed by atoms with Crippen LogP contribution in [0.25, 0.3) is 0 Å². The third kappa shape index (κ3) is 3.63. The molecular formula is C12H12N4O3. The van der Waals surface area contributed by atoms with Crippen molar-refractivity contribution in [1.82, 2.24) is 19.9 Å². The number of rotatable bonds is 4. The van der Waals surface area contributed by atoms with Gasteiger partial charge in [0, 0.05) is 31.2 Å². The third-order valence-corrected chi connectivity index (χ3v) is 2.42. The number of hydrogen-bond donors (Lipinski definition) is 2. The van der Waals surface area contributed by atoms with Gasteiger partial charge in [0.15, 0.2) is 0 Å². The largest absolute Gasteiger partial charge is 0.350 e. The average Bonchev–Trinajstić information content (AvgIpc) is 2.41. The molecule has 2 aromatic rings. The van der Waals surface area contributed by atoms with Crippen LogP contribution in [0.4, 0.5) is 0 Å². The van der Waals surface area contributed by atoms with E-state index in [4.69, 9.17) is 0 Å². The first kappa shape index (κ1) is 12.7. The van der Waals surface area contributed by atoms with Crippen LogP contribution in [0.15, 0.2) is 46.4 Å². The summed E-state index contributed by atoms with van der Waals surface area (Å²) in [5, 5.41) is 2.66. The van der Waals surface area contributed by atoms with Gasteiger partial charge in [-0.05, 0) is 11.6 Å². The number of H-pyrrole nitrogens is 1. The van der Waals surface area contributed by atoms with Crippen molar-refractivity contribution in [2.45, 2.75) is 13.1 Å². The molecule has 1 amide bonds. The molecule has 0 unspecified atom stereocenters. The Hall–Kier alpha value is -2.70. The molecule has 0 aromatic carbocycles. The minimum atomic E-state index is -0.607. The highest BCUT2D eigenvalue weighted by Gasteiger charge is 2.04. The number of amides is 1. The van der Waals surface area contributed by atoms with Gasteiger partial charge in [0.1, 0.15) is 6.54 Å². The number of aromatic amines is 1. The molecular weight excluding hydrogens is 248 g/mol. The van der Waals surface area contributed by atoms with Gasteiger partial charge in [0.2, 0.25) is 5.91 Å². The quantitative estimate of drug-likeness (QED) is 0.755. The third-order valence-electron chi connectivity index (χ3n) is 2.42. The summed E-state index contributed by atoms with van der Waals surface area (Å²) in [5.41, 5.74) is -0.231. The Kier molecular flexibility index (Phi) is 3.87. The van der Waals surface area contributed by atoms with Crippen LogP contribution in [0.2, 0.25) is 0 Å². The predicted molar refractivity (Wildman–Crippen MR) is 67.4 cm³/mol. The van der Waals surface area contributed by atoms with Crippen LogP contribution in [-0.2, 0) is 17.9 Å². The molecule has 0 atom stereocenters. The van der Waals surface area contributed by atoms with Crippen molar-refractivity contribution in [2.75, 3.05) is 0 Å². The van der Waals surface area contributed by atoms with E-state index in [0.717, 1.165) is 10.1 Å². The van der Waals surface area contributed by atoms with Crippen LogP contribution in [0.3, 0.4) is 0 Å². The van der Waals surface area contributed by atoms with Crippen molar-refractivity contribution >= 4 is 5.91 Å². The number of aromatic nitrogens is 3.